The molecular formula is C20H16FNO3. The summed E-state index contributed by atoms with van der Waals surface area (Å²) in [7, 11) is 0. The van der Waals surface area contributed by atoms with Gasteiger partial charge in [-0.1, -0.05) is 18.7 Å². The first-order chi connectivity index (χ1) is 12.1. The molecule has 2 heterocycles. The molecule has 126 valence electrons. The van der Waals surface area contributed by atoms with Crippen molar-refractivity contribution < 1.29 is 18.7 Å². The fraction of sp³-hybridized carbons (Fsp3) is 0.150. The second-order valence-electron chi connectivity index (χ2n) is 5.94. The van der Waals surface area contributed by atoms with Gasteiger partial charge in [0.1, 0.15) is 5.82 Å². The van der Waals surface area contributed by atoms with Crippen LogP contribution < -0.4 is 9.47 Å². The second kappa shape index (κ2) is 6.09. The van der Waals surface area contributed by atoms with Crippen molar-refractivity contribution in [2.24, 2.45) is 0 Å². The summed E-state index contributed by atoms with van der Waals surface area (Å²) in [4.78, 5) is 14.2. The number of carbonyl (C=O) groups is 1. The Labute approximate surface area is 144 Å². The van der Waals surface area contributed by atoms with Crippen LogP contribution >= 0.6 is 0 Å². The standard InChI is InChI=1S/C20H16FNO3/c1-13-17-11-19-18(24-12-25-19)10-15(17)7-8-22(13)20(23)6-5-14-3-2-4-16(21)9-14/h2-6,9-11H,1,7-8,12H2/b6-5+. The molecule has 0 saturated heterocycles. The Morgan fingerprint density at radius 3 is 2.80 bits per heavy atom. The summed E-state index contributed by atoms with van der Waals surface area (Å²) in [6.45, 7) is 4.82. The van der Waals surface area contributed by atoms with E-state index in [4.69, 9.17) is 9.47 Å². The van der Waals surface area contributed by atoms with E-state index in [2.05, 4.69) is 6.58 Å². The largest absolute Gasteiger partial charge is 0.454 e. The third-order valence-corrected chi connectivity index (χ3v) is 4.37. The van der Waals surface area contributed by atoms with Crippen molar-refractivity contribution >= 4 is 17.7 Å². The molecule has 0 bridgehead atoms. The molecule has 0 radical (unpaired) electrons. The third-order valence-electron chi connectivity index (χ3n) is 4.37. The first-order valence-corrected chi connectivity index (χ1v) is 7.99. The number of rotatable bonds is 2. The summed E-state index contributed by atoms with van der Waals surface area (Å²) in [6, 6.07) is 9.92. The Morgan fingerprint density at radius 1 is 1.20 bits per heavy atom. The maximum Gasteiger partial charge on any atom is 0.250 e. The van der Waals surface area contributed by atoms with Gasteiger partial charge in [0, 0.05) is 23.9 Å². The van der Waals surface area contributed by atoms with Crippen LogP contribution in [-0.2, 0) is 11.2 Å². The lowest BCUT2D eigenvalue weighted by Crippen LogP contribution is -2.33. The Kier molecular flexibility index (Phi) is 3.76. The van der Waals surface area contributed by atoms with Crippen LogP contribution in [-0.4, -0.2) is 24.1 Å². The van der Waals surface area contributed by atoms with Crippen LogP contribution in [0.1, 0.15) is 16.7 Å². The van der Waals surface area contributed by atoms with Crippen molar-refractivity contribution in [3.63, 3.8) is 0 Å². The molecule has 0 fully saturated rings. The zero-order chi connectivity index (χ0) is 17.4. The summed E-state index contributed by atoms with van der Waals surface area (Å²) in [6.07, 6.45) is 3.76. The van der Waals surface area contributed by atoms with E-state index in [0.717, 1.165) is 16.9 Å². The van der Waals surface area contributed by atoms with Crippen molar-refractivity contribution in [2.45, 2.75) is 6.42 Å². The highest BCUT2D eigenvalue weighted by molar-refractivity contribution is 5.98. The molecule has 25 heavy (non-hydrogen) atoms. The molecule has 0 aromatic heterocycles. The van der Waals surface area contributed by atoms with E-state index in [1.54, 1.807) is 23.1 Å². The number of carbonyl (C=O) groups excluding carboxylic acids is 1. The zero-order valence-electron chi connectivity index (χ0n) is 13.5. The van der Waals surface area contributed by atoms with Gasteiger partial charge >= 0.3 is 0 Å². The van der Waals surface area contributed by atoms with Gasteiger partial charge in [0.25, 0.3) is 5.91 Å². The topological polar surface area (TPSA) is 38.8 Å². The lowest BCUT2D eigenvalue weighted by Gasteiger charge is -2.30. The van der Waals surface area contributed by atoms with Crippen molar-refractivity contribution in [3.05, 3.63) is 71.6 Å². The summed E-state index contributed by atoms with van der Waals surface area (Å²) in [5.41, 5.74) is 3.25. The molecule has 0 unspecified atom stereocenters. The van der Waals surface area contributed by atoms with Crippen LogP contribution in [0.2, 0.25) is 0 Å². The van der Waals surface area contributed by atoms with Crippen LogP contribution in [0.5, 0.6) is 11.5 Å². The maximum atomic E-state index is 13.2. The normalized spacial score (nSPS) is 15.6. The van der Waals surface area contributed by atoms with Crippen molar-refractivity contribution in [2.75, 3.05) is 13.3 Å². The summed E-state index contributed by atoms with van der Waals surface area (Å²) in [5, 5.41) is 0. The second-order valence-corrected chi connectivity index (χ2v) is 5.94. The number of hydrogen-bond donors (Lipinski definition) is 0. The van der Waals surface area contributed by atoms with E-state index in [1.807, 2.05) is 12.1 Å². The molecule has 0 N–H and O–H groups in total. The number of fused-ring (bicyclic) bond motifs is 2. The van der Waals surface area contributed by atoms with Gasteiger partial charge < -0.3 is 14.4 Å². The SMILES string of the molecule is C=C1c2cc3c(cc2CCN1C(=O)/C=C/c1cccc(F)c1)OCO3. The number of hydrogen-bond acceptors (Lipinski definition) is 3. The Morgan fingerprint density at radius 2 is 2.00 bits per heavy atom. The Balaban J connectivity index is 1.56. The zero-order valence-corrected chi connectivity index (χ0v) is 13.5. The van der Waals surface area contributed by atoms with E-state index in [9.17, 15) is 9.18 Å². The lowest BCUT2D eigenvalue weighted by molar-refractivity contribution is -0.123. The number of ether oxygens (including phenoxy) is 2. The highest BCUT2D eigenvalue weighted by Crippen LogP contribution is 2.39. The molecule has 4 nitrogen and oxygen atoms in total. The molecule has 0 aliphatic carbocycles. The smallest absolute Gasteiger partial charge is 0.250 e. The van der Waals surface area contributed by atoms with Crippen molar-refractivity contribution in [3.8, 4) is 11.5 Å². The highest BCUT2D eigenvalue weighted by atomic mass is 19.1. The Hall–Kier alpha value is -3.08. The van der Waals surface area contributed by atoms with Gasteiger partial charge in [0.15, 0.2) is 11.5 Å². The minimum Gasteiger partial charge on any atom is -0.454 e. The average molecular weight is 337 g/mol. The molecule has 5 heteroatoms. The lowest BCUT2D eigenvalue weighted by atomic mass is 9.96. The van der Waals surface area contributed by atoms with Crippen molar-refractivity contribution in [1.29, 1.82) is 0 Å². The fourth-order valence-corrected chi connectivity index (χ4v) is 3.08. The average Bonchev–Trinajstić information content (AvgIpc) is 3.06. The first-order valence-electron chi connectivity index (χ1n) is 7.99. The molecule has 2 aromatic carbocycles. The monoisotopic (exact) mass is 337 g/mol. The van der Waals surface area contributed by atoms with Gasteiger partial charge in [-0.25, -0.2) is 4.39 Å². The minimum atomic E-state index is -0.331. The first kappa shape index (κ1) is 15.4. The Bertz CT molecular complexity index is 904. The quantitative estimate of drug-likeness (QED) is 0.786. The van der Waals surface area contributed by atoms with E-state index < -0.39 is 0 Å². The van der Waals surface area contributed by atoms with E-state index in [1.165, 1.54) is 18.2 Å². The maximum absolute atomic E-state index is 13.2. The van der Waals surface area contributed by atoms with Gasteiger partial charge in [-0.05, 0) is 47.9 Å². The molecular weight excluding hydrogens is 321 g/mol. The number of benzene rings is 2. The fourth-order valence-electron chi connectivity index (χ4n) is 3.08. The van der Waals surface area contributed by atoms with Crippen LogP contribution in [0.25, 0.3) is 11.8 Å². The predicted octanol–water partition coefficient (Wildman–Crippen LogP) is 3.62. The minimum absolute atomic E-state index is 0.183. The van der Waals surface area contributed by atoms with E-state index in [0.29, 0.717) is 30.0 Å². The third kappa shape index (κ3) is 2.89. The summed E-state index contributed by atoms with van der Waals surface area (Å²) < 4.78 is 24.0. The number of amides is 1. The molecule has 0 atom stereocenters. The van der Waals surface area contributed by atoms with Crippen LogP contribution in [0.15, 0.2) is 49.1 Å². The molecule has 4 rings (SSSR count). The summed E-state index contributed by atoms with van der Waals surface area (Å²) >= 11 is 0. The molecule has 2 aromatic rings. The van der Waals surface area contributed by atoms with Crippen LogP contribution in [0.4, 0.5) is 4.39 Å². The van der Waals surface area contributed by atoms with Gasteiger partial charge in [0.05, 0.1) is 0 Å². The molecule has 0 spiro atoms. The summed E-state index contributed by atoms with van der Waals surface area (Å²) in [5.74, 6) is 0.890. The van der Waals surface area contributed by atoms with E-state index in [-0.39, 0.29) is 18.5 Å². The van der Waals surface area contributed by atoms with Gasteiger partial charge in [-0.2, -0.15) is 0 Å². The van der Waals surface area contributed by atoms with Crippen LogP contribution in [0, 0.1) is 5.82 Å². The van der Waals surface area contributed by atoms with Gasteiger partial charge in [-0.15, -0.1) is 0 Å². The predicted molar refractivity (Wildman–Crippen MR) is 92.5 cm³/mol. The number of nitrogens with zero attached hydrogens (tertiary/aromatic N) is 1. The molecule has 1 amide bonds. The van der Waals surface area contributed by atoms with Gasteiger partial charge in [-0.3, -0.25) is 4.79 Å². The molecule has 2 aliphatic rings. The highest BCUT2D eigenvalue weighted by Gasteiger charge is 2.26. The number of halogens is 1. The van der Waals surface area contributed by atoms with Crippen molar-refractivity contribution in [1.82, 2.24) is 4.90 Å². The van der Waals surface area contributed by atoms with Gasteiger partial charge in [0.2, 0.25) is 6.79 Å². The van der Waals surface area contributed by atoms with Crippen LogP contribution in [0.3, 0.4) is 0 Å². The molecule has 2 aliphatic heterocycles. The molecule has 0 saturated carbocycles. The van der Waals surface area contributed by atoms with E-state index >= 15 is 0 Å².